The number of anilines is 1. The van der Waals surface area contributed by atoms with Gasteiger partial charge in [0.1, 0.15) is 0 Å². The number of rotatable bonds is 6. The van der Waals surface area contributed by atoms with Crippen LogP contribution in [0, 0.1) is 6.92 Å². The first-order valence-electron chi connectivity index (χ1n) is 7.04. The van der Waals surface area contributed by atoms with Gasteiger partial charge < -0.3 is 10.6 Å². The predicted molar refractivity (Wildman–Crippen MR) is 80.2 cm³/mol. The third-order valence-electron chi connectivity index (χ3n) is 3.44. The average Bonchev–Trinajstić information content (AvgIpc) is 2.89. The molecule has 0 fully saturated rings. The molecule has 2 aromatic rings. The van der Waals surface area contributed by atoms with Gasteiger partial charge in [0.2, 0.25) is 0 Å². The fraction of sp³-hybridized carbons (Fsp3) is 0.500. The first kappa shape index (κ1) is 14.5. The van der Waals surface area contributed by atoms with Gasteiger partial charge in [-0.05, 0) is 61.5 Å². The molecule has 0 aliphatic heterocycles. The number of hydrogen-bond acceptors (Lipinski definition) is 5. The highest BCUT2D eigenvalue weighted by atomic mass is 15.5. The molecule has 1 aromatic heterocycles. The lowest BCUT2D eigenvalue weighted by Gasteiger charge is -2.22. The van der Waals surface area contributed by atoms with Crippen molar-refractivity contribution in [2.75, 3.05) is 24.5 Å². The lowest BCUT2D eigenvalue weighted by Crippen LogP contribution is -2.22. The van der Waals surface area contributed by atoms with Crippen molar-refractivity contribution in [2.24, 2.45) is 5.73 Å². The fourth-order valence-electron chi connectivity index (χ4n) is 2.34. The van der Waals surface area contributed by atoms with E-state index in [0.717, 1.165) is 30.2 Å². The van der Waals surface area contributed by atoms with Crippen molar-refractivity contribution in [2.45, 2.75) is 27.2 Å². The van der Waals surface area contributed by atoms with Gasteiger partial charge >= 0.3 is 0 Å². The molecule has 1 aromatic carbocycles. The van der Waals surface area contributed by atoms with E-state index in [9.17, 15) is 0 Å². The number of tetrazole rings is 1. The summed E-state index contributed by atoms with van der Waals surface area (Å²) < 4.78 is 1.77. The Morgan fingerprint density at radius 1 is 1.25 bits per heavy atom. The van der Waals surface area contributed by atoms with Gasteiger partial charge in [0, 0.05) is 25.2 Å². The van der Waals surface area contributed by atoms with Crippen LogP contribution in [0.3, 0.4) is 0 Å². The molecule has 0 spiro atoms. The first-order chi connectivity index (χ1) is 9.71. The van der Waals surface area contributed by atoms with Crippen molar-refractivity contribution in [3.63, 3.8) is 0 Å². The molecule has 2 N–H and O–H groups in total. The van der Waals surface area contributed by atoms with Gasteiger partial charge in [-0.1, -0.05) is 0 Å². The normalized spacial score (nSPS) is 10.8. The van der Waals surface area contributed by atoms with Crippen molar-refractivity contribution >= 4 is 5.69 Å². The van der Waals surface area contributed by atoms with Gasteiger partial charge in [-0.15, -0.1) is 5.10 Å². The lowest BCUT2D eigenvalue weighted by atomic mass is 10.1. The van der Waals surface area contributed by atoms with E-state index < -0.39 is 0 Å². The van der Waals surface area contributed by atoms with E-state index in [1.165, 1.54) is 5.69 Å². The van der Waals surface area contributed by atoms with Crippen LogP contribution < -0.4 is 10.6 Å². The first-order valence-corrected chi connectivity index (χ1v) is 7.04. The van der Waals surface area contributed by atoms with Crippen molar-refractivity contribution < 1.29 is 0 Å². The molecule has 2 rings (SSSR count). The summed E-state index contributed by atoms with van der Waals surface area (Å²) in [6.45, 7) is 8.94. The second-order valence-corrected chi connectivity index (χ2v) is 4.69. The quantitative estimate of drug-likeness (QED) is 0.860. The molecular weight excluding hydrogens is 252 g/mol. The SMILES string of the molecule is CCN(CC)c1ccc(-n2nnnc2CCN)c(C)c1. The maximum atomic E-state index is 5.59. The molecule has 0 saturated heterocycles. The third-order valence-corrected chi connectivity index (χ3v) is 3.44. The van der Waals surface area contributed by atoms with E-state index in [2.05, 4.69) is 59.4 Å². The number of aryl methyl sites for hydroxylation is 1. The Morgan fingerprint density at radius 3 is 2.60 bits per heavy atom. The maximum Gasteiger partial charge on any atom is 0.157 e. The molecule has 0 aliphatic rings. The summed E-state index contributed by atoms with van der Waals surface area (Å²) in [6, 6.07) is 6.36. The van der Waals surface area contributed by atoms with Crippen LogP contribution >= 0.6 is 0 Å². The van der Waals surface area contributed by atoms with E-state index in [0.29, 0.717) is 13.0 Å². The van der Waals surface area contributed by atoms with Crippen molar-refractivity contribution in [1.82, 2.24) is 20.2 Å². The van der Waals surface area contributed by atoms with E-state index in [1.807, 2.05) is 0 Å². The molecule has 0 saturated carbocycles. The van der Waals surface area contributed by atoms with Crippen LogP contribution in [0.1, 0.15) is 25.2 Å². The summed E-state index contributed by atoms with van der Waals surface area (Å²) in [5, 5.41) is 11.8. The van der Waals surface area contributed by atoms with E-state index in [-0.39, 0.29) is 0 Å². The summed E-state index contributed by atoms with van der Waals surface area (Å²) in [4.78, 5) is 2.32. The molecule has 108 valence electrons. The molecule has 1 heterocycles. The van der Waals surface area contributed by atoms with Gasteiger partial charge in [0.25, 0.3) is 0 Å². The smallest absolute Gasteiger partial charge is 0.157 e. The summed E-state index contributed by atoms with van der Waals surface area (Å²) in [6.07, 6.45) is 0.671. The molecule has 6 heteroatoms. The van der Waals surface area contributed by atoms with Gasteiger partial charge in [-0.25, -0.2) is 0 Å². The van der Waals surface area contributed by atoms with Gasteiger partial charge in [-0.2, -0.15) is 4.68 Å². The summed E-state index contributed by atoms with van der Waals surface area (Å²) in [5.41, 5.74) is 8.98. The molecular formula is C14H22N6. The average molecular weight is 274 g/mol. The van der Waals surface area contributed by atoms with Crippen LogP contribution in [0.2, 0.25) is 0 Å². The molecule has 0 radical (unpaired) electrons. The number of hydrogen-bond donors (Lipinski definition) is 1. The monoisotopic (exact) mass is 274 g/mol. The van der Waals surface area contributed by atoms with Crippen molar-refractivity contribution in [3.8, 4) is 5.69 Å². The molecule has 0 aliphatic carbocycles. The highest BCUT2D eigenvalue weighted by molar-refractivity contribution is 5.55. The van der Waals surface area contributed by atoms with E-state index in [1.54, 1.807) is 4.68 Å². The second kappa shape index (κ2) is 6.47. The van der Waals surface area contributed by atoms with E-state index in [4.69, 9.17) is 5.73 Å². The highest BCUT2D eigenvalue weighted by Gasteiger charge is 2.11. The minimum absolute atomic E-state index is 0.539. The molecule has 0 bridgehead atoms. The molecule has 0 atom stereocenters. The summed E-state index contributed by atoms with van der Waals surface area (Å²) in [5.74, 6) is 0.797. The largest absolute Gasteiger partial charge is 0.372 e. The van der Waals surface area contributed by atoms with Crippen molar-refractivity contribution in [3.05, 3.63) is 29.6 Å². The standard InChI is InChI=1S/C14H22N6/c1-4-19(5-2)12-6-7-13(11(3)10-12)20-14(8-9-15)16-17-18-20/h6-7,10H,4-5,8-9,15H2,1-3H3. The van der Waals surface area contributed by atoms with Crippen LogP contribution in [0.4, 0.5) is 5.69 Å². The zero-order chi connectivity index (χ0) is 14.5. The minimum Gasteiger partial charge on any atom is -0.372 e. The molecule has 0 amide bonds. The Morgan fingerprint density at radius 2 is 2.00 bits per heavy atom. The Kier molecular flexibility index (Phi) is 4.68. The third kappa shape index (κ3) is 2.80. The van der Waals surface area contributed by atoms with Crippen molar-refractivity contribution in [1.29, 1.82) is 0 Å². The Bertz CT molecular complexity index is 559. The second-order valence-electron chi connectivity index (χ2n) is 4.69. The Hall–Kier alpha value is -1.95. The van der Waals surface area contributed by atoms with Crippen LogP contribution in [0.25, 0.3) is 5.69 Å². The Balaban J connectivity index is 2.36. The van der Waals surface area contributed by atoms with E-state index >= 15 is 0 Å². The Labute approximate surface area is 119 Å². The van der Waals surface area contributed by atoms with Gasteiger partial charge in [-0.3, -0.25) is 0 Å². The molecule has 0 unspecified atom stereocenters. The lowest BCUT2D eigenvalue weighted by molar-refractivity contribution is 0.750. The predicted octanol–water partition coefficient (Wildman–Crippen LogP) is 1.32. The van der Waals surface area contributed by atoms with Gasteiger partial charge in [0.05, 0.1) is 5.69 Å². The molecule has 20 heavy (non-hydrogen) atoms. The topological polar surface area (TPSA) is 72.9 Å². The zero-order valence-corrected chi connectivity index (χ0v) is 12.4. The number of benzene rings is 1. The maximum absolute atomic E-state index is 5.59. The highest BCUT2D eigenvalue weighted by Crippen LogP contribution is 2.22. The van der Waals surface area contributed by atoms with Crippen LogP contribution in [0.15, 0.2) is 18.2 Å². The van der Waals surface area contributed by atoms with Crippen LogP contribution in [0.5, 0.6) is 0 Å². The van der Waals surface area contributed by atoms with Crippen LogP contribution in [-0.2, 0) is 6.42 Å². The summed E-state index contributed by atoms with van der Waals surface area (Å²) in [7, 11) is 0. The van der Waals surface area contributed by atoms with Gasteiger partial charge in [0.15, 0.2) is 5.82 Å². The minimum atomic E-state index is 0.539. The summed E-state index contributed by atoms with van der Waals surface area (Å²) >= 11 is 0. The molecule has 6 nitrogen and oxygen atoms in total. The zero-order valence-electron chi connectivity index (χ0n) is 12.4. The number of aromatic nitrogens is 4. The number of nitrogens with two attached hydrogens (primary N) is 1. The van der Waals surface area contributed by atoms with Crippen LogP contribution in [-0.4, -0.2) is 39.8 Å². The number of nitrogens with zero attached hydrogens (tertiary/aromatic N) is 5. The fourth-order valence-corrected chi connectivity index (χ4v) is 2.34.